The van der Waals surface area contributed by atoms with E-state index >= 15 is 0 Å². The van der Waals surface area contributed by atoms with Crippen LogP contribution in [0.1, 0.15) is 31.1 Å². The molecule has 0 fully saturated rings. The quantitative estimate of drug-likeness (QED) is 0.823. The summed E-state index contributed by atoms with van der Waals surface area (Å²) in [4.78, 5) is 13.2. The monoisotopic (exact) mass is 265 g/mol. The average Bonchev–Trinajstić information content (AvgIpc) is 2.37. The van der Waals surface area contributed by atoms with Gasteiger partial charge in [-0.3, -0.25) is 0 Å². The van der Waals surface area contributed by atoms with Crippen molar-refractivity contribution in [2.45, 2.75) is 26.8 Å². The summed E-state index contributed by atoms with van der Waals surface area (Å²) >= 11 is 0. The maximum absolute atomic E-state index is 11.0. The molecule has 0 aliphatic rings. The third-order valence-electron chi connectivity index (χ3n) is 3.48. The van der Waals surface area contributed by atoms with Gasteiger partial charge >= 0.3 is 5.97 Å². The van der Waals surface area contributed by atoms with E-state index in [0.29, 0.717) is 24.3 Å². The first-order chi connectivity index (χ1) is 8.93. The van der Waals surface area contributed by atoms with E-state index in [0.717, 1.165) is 6.54 Å². The molecule has 0 aliphatic heterocycles. The molecular weight excluding hydrogens is 242 g/mol. The van der Waals surface area contributed by atoms with Gasteiger partial charge in [0.2, 0.25) is 0 Å². The number of carboxylic acid groups (broad SMARTS) is 1. The predicted molar refractivity (Wildman–Crippen MR) is 75.8 cm³/mol. The highest BCUT2D eigenvalue weighted by atomic mass is 16.5. The van der Waals surface area contributed by atoms with Crippen LogP contribution in [0.15, 0.2) is 24.3 Å². The molecule has 0 amide bonds. The van der Waals surface area contributed by atoms with Crippen molar-refractivity contribution in [3.63, 3.8) is 0 Å². The first-order valence-corrected chi connectivity index (χ1v) is 6.58. The van der Waals surface area contributed by atoms with Crippen molar-refractivity contribution in [3.05, 3.63) is 29.8 Å². The van der Waals surface area contributed by atoms with Crippen LogP contribution in [0.25, 0.3) is 0 Å². The van der Waals surface area contributed by atoms with Crippen LogP contribution in [0.5, 0.6) is 5.75 Å². The lowest BCUT2D eigenvalue weighted by molar-refractivity contribution is 0.0691. The number of rotatable bonds is 7. The number of ether oxygens (including phenoxy) is 1. The number of likely N-dealkylation sites (N-methyl/N-ethyl adjacent to an activating group) is 1. The zero-order chi connectivity index (χ0) is 14.4. The molecule has 0 saturated carbocycles. The first-order valence-electron chi connectivity index (χ1n) is 6.58. The van der Waals surface area contributed by atoms with Crippen molar-refractivity contribution < 1.29 is 14.6 Å². The number of hydrogen-bond acceptors (Lipinski definition) is 3. The van der Waals surface area contributed by atoms with E-state index in [1.807, 2.05) is 0 Å². The SMILES string of the molecule is CC(C)C(C)N(C)CCOc1ccccc1C(=O)O. The largest absolute Gasteiger partial charge is 0.491 e. The Kier molecular flexibility index (Phi) is 5.83. The predicted octanol–water partition coefficient (Wildman–Crippen LogP) is 2.74. The molecule has 1 aromatic carbocycles. The number of hydrogen-bond donors (Lipinski definition) is 1. The Labute approximate surface area is 115 Å². The highest BCUT2D eigenvalue weighted by Crippen LogP contribution is 2.17. The van der Waals surface area contributed by atoms with Gasteiger partial charge < -0.3 is 14.7 Å². The maximum Gasteiger partial charge on any atom is 0.339 e. The summed E-state index contributed by atoms with van der Waals surface area (Å²) in [6.07, 6.45) is 0. The number of benzene rings is 1. The Morgan fingerprint density at radius 3 is 2.53 bits per heavy atom. The van der Waals surface area contributed by atoms with Crippen LogP contribution >= 0.6 is 0 Å². The normalized spacial score (nSPS) is 12.7. The standard InChI is InChI=1S/C15H23NO3/c1-11(2)12(3)16(4)9-10-19-14-8-6-5-7-13(14)15(17)18/h5-8,11-12H,9-10H2,1-4H3,(H,17,18). The Morgan fingerprint density at radius 1 is 1.32 bits per heavy atom. The Morgan fingerprint density at radius 2 is 1.95 bits per heavy atom. The van der Waals surface area contributed by atoms with Crippen molar-refractivity contribution in [2.75, 3.05) is 20.2 Å². The minimum absolute atomic E-state index is 0.210. The molecule has 1 atom stereocenters. The topological polar surface area (TPSA) is 49.8 Å². The third-order valence-corrected chi connectivity index (χ3v) is 3.48. The van der Waals surface area contributed by atoms with Gasteiger partial charge in [0.15, 0.2) is 0 Å². The van der Waals surface area contributed by atoms with Gasteiger partial charge in [-0.15, -0.1) is 0 Å². The molecule has 4 nitrogen and oxygen atoms in total. The highest BCUT2D eigenvalue weighted by Gasteiger charge is 2.14. The van der Waals surface area contributed by atoms with Crippen LogP contribution in [-0.2, 0) is 0 Å². The van der Waals surface area contributed by atoms with Gasteiger partial charge in [0.25, 0.3) is 0 Å². The highest BCUT2D eigenvalue weighted by molar-refractivity contribution is 5.90. The van der Waals surface area contributed by atoms with E-state index in [1.54, 1.807) is 24.3 Å². The molecule has 0 spiro atoms. The van der Waals surface area contributed by atoms with Crippen LogP contribution < -0.4 is 4.74 Å². The smallest absolute Gasteiger partial charge is 0.339 e. The van der Waals surface area contributed by atoms with Gasteiger partial charge in [0.05, 0.1) is 0 Å². The van der Waals surface area contributed by atoms with Crippen molar-refractivity contribution in [1.29, 1.82) is 0 Å². The molecular formula is C15H23NO3. The van der Waals surface area contributed by atoms with Crippen LogP contribution in [0.4, 0.5) is 0 Å². The van der Waals surface area contributed by atoms with E-state index in [1.165, 1.54) is 0 Å². The first kappa shape index (κ1) is 15.5. The fraction of sp³-hybridized carbons (Fsp3) is 0.533. The van der Waals surface area contributed by atoms with Crippen molar-refractivity contribution >= 4 is 5.97 Å². The van der Waals surface area contributed by atoms with Crippen molar-refractivity contribution in [2.24, 2.45) is 5.92 Å². The molecule has 4 heteroatoms. The summed E-state index contributed by atoms with van der Waals surface area (Å²) in [6.45, 7) is 7.80. The molecule has 1 rings (SSSR count). The maximum atomic E-state index is 11.0. The molecule has 0 aliphatic carbocycles. The van der Waals surface area contributed by atoms with Gasteiger partial charge in [-0.2, -0.15) is 0 Å². The second-order valence-electron chi connectivity index (χ2n) is 5.12. The Hall–Kier alpha value is -1.55. The summed E-state index contributed by atoms with van der Waals surface area (Å²) < 4.78 is 5.58. The number of para-hydroxylation sites is 1. The Balaban J connectivity index is 2.52. The summed E-state index contributed by atoms with van der Waals surface area (Å²) in [5.74, 6) is 0.0522. The second kappa shape index (κ2) is 7.14. The van der Waals surface area contributed by atoms with E-state index in [9.17, 15) is 4.79 Å². The molecule has 0 saturated heterocycles. The second-order valence-corrected chi connectivity index (χ2v) is 5.12. The summed E-state index contributed by atoms with van der Waals surface area (Å²) in [7, 11) is 2.05. The number of nitrogens with zero attached hydrogens (tertiary/aromatic N) is 1. The molecule has 19 heavy (non-hydrogen) atoms. The van der Waals surface area contributed by atoms with Gasteiger partial charge in [-0.25, -0.2) is 4.79 Å². The van der Waals surface area contributed by atoms with Crippen LogP contribution in [0.3, 0.4) is 0 Å². The number of aromatic carboxylic acids is 1. The lowest BCUT2D eigenvalue weighted by Gasteiger charge is -2.27. The lowest BCUT2D eigenvalue weighted by atomic mass is 10.1. The molecule has 0 bridgehead atoms. The van der Waals surface area contributed by atoms with Gasteiger partial charge in [0, 0.05) is 12.6 Å². The molecule has 106 valence electrons. The minimum atomic E-state index is -0.959. The third kappa shape index (κ3) is 4.56. The van der Waals surface area contributed by atoms with E-state index in [2.05, 4.69) is 32.7 Å². The molecule has 1 unspecified atom stereocenters. The van der Waals surface area contributed by atoms with Crippen LogP contribution in [0, 0.1) is 5.92 Å². The minimum Gasteiger partial charge on any atom is -0.491 e. The summed E-state index contributed by atoms with van der Waals surface area (Å²) in [5, 5.41) is 9.04. The zero-order valence-electron chi connectivity index (χ0n) is 12.1. The van der Waals surface area contributed by atoms with E-state index < -0.39 is 5.97 Å². The molecule has 1 aromatic rings. The Bertz CT molecular complexity index is 418. The van der Waals surface area contributed by atoms with Crippen LogP contribution in [0.2, 0.25) is 0 Å². The lowest BCUT2D eigenvalue weighted by Crippen LogP contribution is -2.36. The van der Waals surface area contributed by atoms with Gasteiger partial charge in [0.1, 0.15) is 17.9 Å². The van der Waals surface area contributed by atoms with Crippen molar-refractivity contribution in [1.82, 2.24) is 4.90 Å². The zero-order valence-corrected chi connectivity index (χ0v) is 12.1. The molecule has 0 heterocycles. The summed E-state index contributed by atoms with van der Waals surface area (Å²) in [6, 6.07) is 7.19. The molecule has 0 aromatic heterocycles. The van der Waals surface area contributed by atoms with E-state index in [-0.39, 0.29) is 5.56 Å². The van der Waals surface area contributed by atoms with E-state index in [4.69, 9.17) is 9.84 Å². The molecule has 1 N–H and O–H groups in total. The van der Waals surface area contributed by atoms with Crippen molar-refractivity contribution in [3.8, 4) is 5.75 Å². The summed E-state index contributed by atoms with van der Waals surface area (Å²) in [5.41, 5.74) is 0.210. The van der Waals surface area contributed by atoms with Gasteiger partial charge in [-0.05, 0) is 32.0 Å². The average molecular weight is 265 g/mol. The fourth-order valence-corrected chi connectivity index (χ4v) is 1.78. The number of carbonyl (C=O) groups is 1. The molecule has 0 radical (unpaired) electrons. The fourth-order valence-electron chi connectivity index (χ4n) is 1.78. The number of carboxylic acids is 1. The van der Waals surface area contributed by atoms with Crippen LogP contribution in [-0.4, -0.2) is 42.2 Å². The van der Waals surface area contributed by atoms with Gasteiger partial charge in [-0.1, -0.05) is 26.0 Å².